The van der Waals surface area contributed by atoms with Gasteiger partial charge in [-0.05, 0) is 43.7 Å². The molecule has 1 N–H and O–H groups in total. The number of anilines is 1. The zero-order valence-corrected chi connectivity index (χ0v) is 15.3. The average molecular weight is 375 g/mol. The van der Waals surface area contributed by atoms with Crippen molar-refractivity contribution in [2.45, 2.75) is 20.3 Å². The van der Waals surface area contributed by atoms with Crippen molar-refractivity contribution in [1.82, 2.24) is 0 Å². The largest absolute Gasteiger partial charge is 0.490 e. The van der Waals surface area contributed by atoms with Crippen molar-refractivity contribution in [3.63, 3.8) is 0 Å². The third-order valence-corrected chi connectivity index (χ3v) is 3.42. The number of esters is 1. The monoisotopic (exact) mass is 375 g/mol. The van der Waals surface area contributed by atoms with Crippen LogP contribution in [0.4, 0.5) is 10.1 Å². The quantitative estimate of drug-likeness (QED) is 0.675. The Bertz CT molecular complexity index is 794. The van der Waals surface area contributed by atoms with Gasteiger partial charge in [0.1, 0.15) is 5.82 Å². The van der Waals surface area contributed by atoms with E-state index in [1.165, 1.54) is 30.3 Å². The number of ether oxygens (including phenoxy) is 3. The minimum absolute atomic E-state index is 0.0228. The molecule has 7 heteroatoms. The normalized spacial score (nSPS) is 10.2. The van der Waals surface area contributed by atoms with Crippen LogP contribution in [-0.4, -0.2) is 31.7 Å². The predicted molar refractivity (Wildman–Crippen MR) is 98.7 cm³/mol. The first-order valence-electron chi connectivity index (χ1n) is 8.66. The number of benzene rings is 2. The number of para-hydroxylation sites is 1. The Kier molecular flexibility index (Phi) is 7.61. The fourth-order valence-electron chi connectivity index (χ4n) is 2.20. The lowest BCUT2D eigenvalue weighted by atomic mass is 10.2. The molecular formula is C20H22FNO5. The van der Waals surface area contributed by atoms with Crippen molar-refractivity contribution < 1.29 is 28.2 Å². The van der Waals surface area contributed by atoms with Crippen molar-refractivity contribution in [2.24, 2.45) is 0 Å². The maximum absolute atomic E-state index is 13.5. The number of halogens is 1. The summed E-state index contributed by atoms with van der Waals surface area (Å²) in [6.45, 7) is 4.21. The van der Waals surface area contributed by atoms with Gasteiger partial charge in [0, 0.05) is 0 Å². The molecule has 2 aromatic carbocycles. The first kappa shape index (κ1) is 20.2. The summed E-state index contributed by atoms with van der Waals surface area (Å²) in [4.78, 5) is 24.0. The molecule has 27 heavy (non-hydrogen) atoms. The number of amides is 1. The summed E-state index contributed by atoms with van der Waals surface area (Å²) in [5.74, 6) is -0.937. The molecule has 0 aliphatic heterocycles. The van der Waals surface area contributed by atoms with Gasteiger partial charge in [-0.2, -0.15) is 0 Å². The molecular weight excluding hydrogens is 353 g/mol. The number of hydrogen-bond acceptors (Lipinski definition) is 5. The summed E-state index contributed by atoms with van der Waals surface area (Å²) in [6.07, 6.45) is 0.840. The highest BCUT2D eigenvalue weighted by Crippen LogP contribution is 2.29. The van der Waals surface area contributed by atoms with Crippen LogP contribution in [-0.2, 0) is 9.53 Å². The minimum Gasteiger partial charge on any atom is -0.490 e. The van der Waals surface area contributed by atoms with E-state index in [-0.39, 0.29) is 11.3 Å². The second-order valence-corrected chi connectivity index (χ2v) is 5.55. The van der Waals surface area contributed by atoms with E-state index in [2.05, 4.69) is 5.32 Å². The fourth-order valence-corrected chi connectivity index (χ4v) is 2.20. The summed E-state index contributed by atoms with van der Waals surface area (Å²) in [7, 11) is 0. The van der Waals surface area contributed by atoms with Gasteiger partial charge >= 0.3 is 5.97 Å². The Labute approximate surface area is 157 Å². The SMILES string of the molecule is CCCOc1ccc(C(=O)OCC(=O)Nc2ccccc2F)cc1OCC. The molecule has 0 bridgehead atoms. The van der Waals surface area contributed by atoms with Crippen LogP contribution < -0.4 is 14.8 Å². The van der Waals surface area contributed by atoms with Crippen LogP contribution in [0.15, 0.2) is 42.5 Å². The minimum atomic E-state index is -0.693. The molecule has 0 heterocycles. The van der Waals surface area contributed by atoms with Crippen molar-refractivity contribution >= 4 is 17.6 Å². The average Bonchev–Trinajstić information content (AvgIpc) is 2.67. The molecule has 2 aromatic rings. The molecule has 0 unspecified atom stereocenters. The van der Waals surface area contributed by atoms with Gasteiger partial charge in [0.15, 0.2) is 18.1 Å². The van der Waals surface area contributed by atoms with E-state index in [4.69, 9.17) is 14.2 Å². The van der Waals surface area contributed by atoms with Crippen LogP contribution in [0.5, 0.6) is 11.5 Å². The van der Waals surface area contributed by atoms with Gasteiger partial charge in [-0.25, -0.2) is 9.18 Å². The second kappa shape index (κ2) is 10.2. The maximum atomic E-state index is 13.5. The molecule has 0 aromatic heterocycles. The lowest BCUT2D eigenvalue weighted by Crippen LogP contribution is -2.21. The molecule has 0 fully saturated rings. The van der Waals surface area contributed by atoms with Gasteiger partial charge < -0.3 is 19.5 Å². The molecule has 0 saturated heterocycles. The van der Waals surface area contributed by atoms with Gasteiger partial charge in [-0.3, -0.25) is 4.79 Å². The van der Waals surface area contributed by atoms with E-state index in [0.29, 0.717) is 24.7 Å². The first-order valence-corrected chi connectivity index (χ1v) is 8.66. The predicted octanol–water partition coefficient (Wildman–Crippen LogP) is 3.81. The molecule has 144 valence electrons. The van der Waals surface area contributed by atoms with E-state index >= 15 is 0 Å². The first-order chi connectivity index (χ1) is 13.0. The fraction of sp³-hybridized carbons (Fsp3) is 0.300. The van der Waals surface area contributed by atoms with Crippen molar-refractivity contribution in [3.05, 3.63) is 53.8 Å². The highest BCUT2D eigenvalue weighted by atomic mass is 19.1. The molecule has 0 saturated carbocycles. The molecule has 6 nitrogen and oxygen atoms in total. The number of hydrogen-bond donors (Lipinski definition) is 1. The van der Waals surface area contributed by atoms with E-state index in [1.807, 2.05) is 13.8 Å². The van der Waals surface area contributed by atoms with Crippen LogP contribution >= 0.6 is 0 Å². The van der Waals surface area contributed by atoms with Crippen molar-refractivity contribution in [3.8, 4) is 11.5 Å². The standard InChI is InChI=1S/C20H22FNO5/c1-3-11-26-17-10-9-14(12-18(17)25-4-2)20(24)27-13-19(23)22-16-8-6-5-7-15(16)21/h5-10,12H,3-4,11,13H2,1-2H3,(H,22,23). The second-order valence-electron chi connectivity index (χ2n) is 5.55. The Balaban J connectivity index is 1.97. The molecule has 0 aliphatic carbocycles. The topological polar surface area (TPSA) is 73.9 Å². The van der Waals surface area contributed by atoms with Gasteiger partial charge in [-0.15, -0.1) is 0 Å². The third-order valence-electron chi connectivity index (χ3n) is 3.42. The number of nitrogens with one attached hydrogen (secondary N) is 1. The lowest BCUT2D eigenvalue weighted by Gasteiger charge is -2.13. The third kappa shape index (κ3) is 5.99. The Morgan fingerprint density at radius 2 is 1.81 bits per heavy atom. The summed E-state index contributed by atoms with van der Waals surface area (Å²) in [5, 5.41) is 2.35. The van der Waals surface area contributed by atoms with E-state index in [1.54, 1.807) is 12.1 Å². The van der Waals surface area contributed by atoms with Crippen LogP contribution in [0.25, 0.3) is 0 Å². The van der Waals surface area contributed by atoms with Crippen molar-refractivity contribution in [2.75, 3.05) is 25.1 Å². The van der Waals surface area contributed by atoms with E-state index < -0.39 is 24.3 Å². The van der Waals surface area contributed by atoms with Crippen LogP contribution in [0.1, 0.15) is 30.6 Å². The molecule has 0 atom stereocenters. The summed E-state index contributed by atoms with van der Waals surface area (Å²) < 4.78 is 29.6. The number of carbonyl (C=O) groups is 2. The van der Waals surface area contributed by atoms with Crippen LogP contribution in [0, 0.1) is 5.82 Å². The number of rotatable bonds is 9. The summed E-state index contributed by atoms with van der Waals surface area (Å²) in [6, 6.07) is 10.4. The maximum Gasteiger partial charge on any atom is 0.338 e. The highest BCUT2D eigenvalue weighted by molar-refractivity contribution is 5.95. The highest BCUT2D eigenvalue weighted by Gasteiger charge is 2.15. The van der Waals surface area contributed by atoms with Crippen LogP contribution in [0.3, 0.4) is 0 Å². The zero-order valence-electron chi connectivity index (χ0n) is 15.3. The van der Waals surface area contributed by atoms with Gasteiger partial charge in [0.2, 0.25) is 0 Å². The zero-order chi connectivity index (χ0) is 19.6. The van der Waals surface area contributed by atoms with Gasteiger partial charge in [0.25, 0.3) is 5.91 Å². The summed E-state index contributed by atoms with van der Waals surface area (Å²) >= 11 is 0. The van der Waals surface area contributed by atoms with E-state index in [9.17, 15) is 14.0 Å². The van der Waals surface area contributed by atoms with Crippen molar-refractivity contribution in [1.29, 1.82) is 0 Å². The Morgan fingerprint density at radius 1 is 1.04 bits per heavy atom. The lowest BCUT2D eigenvalue weighted by molar-refractivity contribution is -0.119. The molecule has 0 aliphatic rings. The summed E-state index contributed by atoms with van der Waals surface area (Å²) in [5.41, 5.74) is 0.246. The van der Waals surface area contributed by atoms with Crippen LogP contribution in [0.2, 0.25) is 0 Å². The Morgan fingerprint density at radius 3 is 2.52 bits per heavy atom. The smallest absolute Gasteiger partial charge is 0.338 e. The molecule has 1 amide bonds. The molecule has 2 rings (SSSR count). The molecule has 0 radical (unpaired) electrons. The Hall–Kier alpha value is -3.09. The number of carbonyl (C=O) groups excluding carboxylic acids is 2. The van der Waals surface area contributed by atoms with E-state index in [0.717, 1.165) is 6.42 Å². The van der Waals surface area contributed by atoms with Gasteiger partial charge in [0.05, 0.1) is 24.5 Å². The molecule has 0 spiro atoms. The van der Waals surface area contributed by atoms with Gasteiger partial charge in [-0.1, -0.05) is 19.1 Å².